The maximum atomic E-state index is 10.7. The molecule has 1 aromatic carbocycles. The van der Waals surface area contributed by atoms with Gasteiger partial charge in [0.2, 0.25) is 0 Å². The number of methoxy groups -OCH3 is 1. The molecule has 0 aliphatic carbocycles. The Labute approximate surface area is 127 Å². The summed E-state index contributed by atoms with van der Waals surface area (Å²) >= 11 is 0. The lowest BCUT2D eigenvalue weighted by Crippen LogP contribution is -1.95. The number of hydrogen-bond acceptors (Lipinski definition) is 7. The summed E-state index contributed by atoms with van der Waals surface area (Å²) in [5.41, 5.74) is 1.52. The predicted molar refractivity (Wildman–Crippen MR) is 82.5 cm³/mol. The van der Waals surface area contributed by atoms with Crippen molar-refractivity contribution < 1.29 is 9.53 Å². The van der Waals surface area contributed by atoms with Gasteiger partial charge in [-0.05, 0) is 35.5 Å². The van der Waals surface area contributed by atoms with E-state index in [1.807, 2.05) is 6.07 Å². The molecule has 0 saturated carbocycles. The van der Waals surface area contributed by atoms with Crippen molar-refractivity contribution in [2.24, 2.45) is 5.18 Å². The average Bonchev–Trinajstić information content (AvgIpc) is 2.56. The molecule has 0 bridgehead atoms. The van der Waals surface area contributed by atoms with Gasteiger partial charge in [0.05, 0.1) is 11.6 Å². The monoisotopic (exact) mass is 298 g/mol. The van der Waals surface area contributed by atoms with Crippen molar-refractivity contribution >= 4 is 23.5 Å². The van der Waals surface area contributed by atoms with Gasteiger partial charge in [0, 0.05) is 31.7 Å². The molecule has 0 radical (unpaired) electrons. The summed E-state index contributed by atoms with van der Waals surface area (Å²) in [6.45, 7) is 0. The predicted octanol–water partition coefficient (Wildman–Crippen LogP) is 3.17. The normalized spacial score (nSPS) is 8.95. The molecule has 0 fully saturated rings. The maximum absolute atomic E-state index is 10.7. The Hall–Kier alpha value is -3.11. The Balaban J connectivity index is 0.000000745. The minimum absolute atomic E-state index is 0.0500. The van der Waals surface area contributed by atoms with Crippen LogP contribution in [0.5, 0.6) is 0 Å². The second-order valence-corrected chi connectivity index (χ2v) is 4.07. The lowest BCUT2D eigenvalue weighted by molar-refractivity contribution is 0.112. The number of carbonyl (C=O) groups is 1. The minimum atomic E-state index is 0.0500. The van der Waals surface area contributed by atoms with Gasteiger partial charge in [-0.2, -0.15) is 5.26 Å². The topological polar surface area (TPSA) is 104 Å². The van der Waals surface area contributed by atoms with Gasteiger partial charge in [0.25, 0.3) is 0 Å². The van der Waals surface area contributed by atoms with Gasteiger partial charge in [-0.1, -0.05) is 0 Å². The number of benzene rings is 1. The molecule has 1 N–H and O–H groups in total. The fraction of sp³-hybridized carbons (Fsp3) is 0.133. The van der Waals surface area contributed by atoms with Crippen LogP contribution >= 0.6 is 0 Å². The number of hydrogen-bond donors (Lipinski definition) is 1. The molecular weight excluding hydrogens is 284 g/mol. The van der Waals surface area contributed by atoms with Crippen LogP contribution in [-0.2, 0) is 4.74 Å². The van der Waals surface area contributed by atoms with Crippen LogP contribution in [0.15, 0.2) is 41.7 Å². The number of nitrogens with one attached hydrogen (secondary N) is 1. The molecular formula is C15H14N4O3. The summed E-state index contributed by atoms with van der Waals surface area (Å²) in [5, 5.41) is 14.4. The van der Waals surface area contributed by atoms with E-state index >= 15 is 0 Å². The molecule has 0 aliphatic rings. The van der Waals surface area contributed by atoms with Crippen molar-refractivity contribution in [1.29, 1.82) is 5.26 Å². The largest absolute Gasteiger partial charge is 0.388 e. The highest BCUT2D eigenvalue weighted by molar-refractivity contribution is 5.79. The van der Waals surface area contributed by atoms with E-state index in [9.17, 15) is 9.70 Å². The minimum Gasteiger partial charge on any atom is -0.388 e. The van der Waals surface area contributed by atoms with Gasteiger partial charge in [-0.15, -0.1) is 4.91 Å². The van der Waals surface area contributed by atoms with E-state index < -0.39 is 0 Å². The Bertz CT molecular complexity index is 678. The lowest BCUT2D eigenvalue weighted by atomic mass is 10.2. The standard InChI is InChI=1S/C13H8N4O2.C2H6O/c14-6-9-1-3-11(4-2-9)16-13-12(17-19)5-10(8-18)7-15-13;1-3-2/h1-5,7-8H,(H,15,16);1-2H3. The molecule has 7 heteroatoms. The molecule has 2 aromatic rings. The fourth-order valence-corrected chi connectivity index (χ4v) is 1.46. The highest BCUT2D eigenvalue weighted by atomic mass is 16.4. The van der Waals surface area contributed by atoms with E-state index in [1.165, 1.54) is 12.3 Å². The first-order valence-corrected chi connectivity index (χ1v) is 6.14. The second kappa shape index (κ2) is 8.94. The first-order valence-electron chi connectivity index (χ1n) is 6.14. The summed E-state index contributed by atoms with van der Waals surface area (Å²) in [7, 11) is 3.25. The molecule has 7 nitrogen and oxygen atoms in total. The molecule has 0 saturated heterocycles. The van der Waals surface area contributed by atoms with Crippen LogP contribution in [0.25, 0.3) is 0 Å². The van der Waals surface area contributed by atoms with Crippen molar-refractivity contribution in [1.82, 2.24) is 4.98 Å². The fourth-order valence-electron chi connectivity index (χ4n) is 1.46. The van der Waals surface area contributed by atoms with Crippen molar-refractivity contribution in [3.8, 4) is 6.07 Å². The van der Waals surface area contributed by atoms with Gasteiger partial charge >= 0.3 is 0 Å². The maximum Gasteiger partial charge on any atom is 0.160 e. The number of aldehydes is 1. The zero-order chi connectivity index (χ0) is 16.4. The third-order valence-corrected chi connectivity index (χ3v) is 2.40. The summed E-state index contributed by atoms with van der Waals surface area (Å²) in [4.78, 5) is 25.2. The number of pyridine rings is 1. The van der Waals surface area contributed by atoms with E-state index in [0.717, 1.165) is 0 Å². The number of rotatable bonds is 4. The van der Waals surface area contributed by atoms with Crippen molar-refractivity contribution in [3.05, 3.63) is 52.6 Å². The third kappa shape index (κ3) is 4.77. The van der Waals surface area contributed by atoms with E-state index in [-0.39, 0.29) is 17.1 Å². The van der Waals surface area contributed by atoms with Crippen LogP contribution in [-0.4, -0.2) is 25.5 Å². The first-order chi connectivity index (χ1) is 10.7. The summed E-state index contributed by atoms with van der Waals surface area (Å²) < 4.78 is 4.25. The Morgan fingerprint density at radius 2 is 1.95 bits per heavy atom. The number of carbonyl (C=O) groups excluding carboxylic acids is 1. The van der Waals surface area contributed by atoms with Crippen molar-refractivity contribution in [2.45, 2.75) is 0 Å². The highest BCUT2D eigenvalue weighted by Gasteiger charge is 2.06. The molecule has 112 valence electrons. The van der Waals surface area contributed by atoms with Crippen LogP contribution in [0.1, 0.15) is 15.9 Å². The van der Waals surface area contributed by atoms with Crippen molar-refractivity contribution in [2.75, 3.05) is 19.5 Å². The van der Waals surface area contributed by atoms with Crippen molar-refractivity contribution in [3.63, 3.8) is 0 Å². The Morgan fingerprint density at radius 1 is 1.32 bits per heavy atom. The molecule has 1 heterocycles. The van der Waals surface area contributed by atoms with E-state index in [1.54, 1.807) is 38.5 Å². The summed E-state index contributed by atoms with van der Waals surface area (Å²) in [5.74, 6) is 0.255. The van der Waals surface area contributed by atoms with Gasteiger partial charge in [0.15, 0.2) is 17.8 Å². The highest BCUT2D eigenvalue weighted by Crippen LogP contribution is 2.26. The van der Waals surface area contributed by atoms with Crippen LogP contribution in [0.4, 0.5) is 17.2 Å². The quantitative estimate of drug-likeness (QED) is 0.686. The number of nitrogens with zero attached hydrogens (tertiary/aromatic N) is 3. The Kier molecular flexibility index (Phi) is 6.89. The molecule has 0 spiro atoms. The molecule has 1 aromatic heterocycles. The van der Waals surface area contributed by atoms with Crippen LogP contribution in [0.2, 0.25) is 0 Å². The van der Waals surface area contributed by atoms with E-state index in [4.69, 9.17) is 5.26 Å². The summed E-state index contributed by atoms with van der Waals surface area (Å²) in [6.07, 6.45) is 1.93. The first kappa shape index (κ1) is 16.9. The number of nitroso groups, excluding NO2 is 1. The number of aromatic nitrogens is 1. The number of nitriles is 1. The zero-order valence-corrected chi connectivity index (χ0v) is 12.1. The Morgan fingerprint density at radius 3 is 2.45 bits per heavy atom. The smallest absolute Gasteiger partial charge is 0.160 e. The number of anilines is 2. The average molecular weight is 298 g/mol. The lowest BCUT2D eigenvalue weighted by Gasteiger charge is -2.07. The SMILES string of the molecule is COC.N#Cc1ccc(Nc2ncc(C=O)cc2N=O)cc1. The van der Waals surface area contributed by atoms with E-state index in [0.29, 0.717) is 17.5 Å². The molecule has 22 heavy (non-hydrogen) atoms. The molecule has 2 rings (SSSR count). The van der Waals surface area contributed by atoms with Gasteiger partial charge in [-0.25, -0.2) is 4.98 Å². The molecule has 0 unspecified atom stereocenters. The van der Waals surface area contributed by atoms with Gasteiger partial charge in [0.1, 0.15) is 0 Å². The third-order valence-electron chi connectivity index (χ3n) is 2.40. The van der Waals surface area contributed by atoms with Crippen LogP contribution in [0, 0.1) is 16.2 Å². The van der Waals surface area contributed by atoms with Crippen LogP contribution in [0.3, 0.4) is 0 Å². The summed E-state index contributed by atoms with van der Waals surface area (Å²) in [6, 6.07) is 9.99. The van der Waals surface area contributed by atoms with Gasteiger partial charge in [-0.3, -0.25) is 4.79 Å². The van der Waals surface area contributed by atoms with E-state index in [2.05, 4.69) is 20.2 Å². The second-order valence-electron chi connectivity index (χ2n) is 4.07. The zero-order valence-electron chi connectivity index (χ0n) is 12.1. The molecule has 0 aliphatic heterocycles. The van der Waals surface area contributed by atoms with Gasteiger partial charge < -0.3 is 10.1 Å². The number of ether oxygens (including phenoxy) is 1. The molecule has 0 atom stereocenters. The van der Waals surface area contributed by atoms with Crippen LogP contribution < -0.4 is 5.32 Å². The molecule has 0 amide bonds.